The van der Waals surface area contributed by atoms with Gasteiger partial charge in [0, 0.05) is 30.7 Å². The molecule has 0 aliphatic heterocycles. The lowest BCUT2D eigenvalue weighted by atomic mass is 10.2. The number of nitrogens with one attached hydrogen (secondary N) is 1. The van der Waals surface area contributed by atoms with E-state index in [2.05, 4.69) is 29.8 Å². The Labute approximate surface area is 130 Å². The van der Waals surface area contributed by atoms with E-state index in [1.54, 1.807) is 18.9 Å². The lowest BCUT2D eigenvalue weighted by Gasteiger charge is -2.12. The normalized spacial score (nSPS) is 10.6. The second-order valence-corrected chi connectivity index (χ2v) is 5.43. The summed E-state index contributed by atoms with van der Waals surface area (Å²) in [5.74, 6) is 1.75. The fraction of sp³-hybridized carbons (Fsp3) is 0.294. The highest BCUT2D eigenvalue weighted by molar-refractivity contribution is 7.98. The largest absolute Gasteiger partial charge is 0.457 e. The highest BCUT2D eigenvalue weighted by Gasteiger charge is 2.04. The number of thioether (sulfide) groups is 1. The molecule has 0 spiro atoms. The van der Waals surface area contributed by atoms with Gasteiger partial charge in [-0.25, -0.2) is 0 Å². The topological polar surface area (TPSA) is 30.5 Å². The Hall–Kier alpha value is -1.49. The molecular weight excluding hydrogens is 282 g/mol. The van der Waals surface area contributed by atoms with Gasteiger partial charge in [0.1, 0.15) is 11.5 Å². The van der Waals surface area contributed by atoms with Crippen LogP contribution in [0.15, 0.2) is 53.4 Å². The minimum atomic E-state index is 0.708. The van der Waals surface area contributed by atoms with E-state index < -0.39 is 0 Å². The minimum absolute atomic E-state index is 0.708. The van der Waals surface area contributed by atoms with Crippen LogP contribution in [-0.4, -0.2) is 26.5 Å². The zero-order chi connectivity index (χ0) is 14.9. The SMILES string of the molecule is COCCNCc1ccccc1Oc1ccc(SC)cc1. The first-order chi connectivity index (χ1) is 10.3. The van der Waals surface area contributed by atoms with Crippen LogP contribution in [0, 0.1) is 0 Å². The zero-order valence-electron chi connectivity index (χ0n) is 12.5. The first-order valence-corrected chi connectivity index (χ1v) is 8.15. The van der Waals surface area contributed by atoms with Gasteiger partial charge in [-0.05, 0) is 36.6 Å². The van der Waals surface area contributed by atoms with Crippen molar-refractivity contribution in [2.24, 2.45) is 0 Å². The molecule has 0 unspecified atom stereocenters. The van der Waals surface area contributed by atoms with Gasteiger partial charge < -0.3 is 14.8 Å². The van der Waals surface area contributed by atoms with Gasteiger partial charge in [0.2, 0.25) is 0 Å². The average molecular weight is 303 g/mol. The summed E-state index contributed by atoms with van der Waals surface area (Å²) in [5.41, 5.74) is 1.14. The van der Waals surface area contributed by atoms with Crippen LogP contribution in [-0.2, 0) is 11.3 Å². The fourth-order valence-electron chi connectivity index (χ4n) is 1.92. The van der Waals surface area contributed by atoms with Crippen LogP contribution in [0.1, 0.15) is 5.56 Å². The molecule has 112 valence electrons. The average Bonchev–Trinajstić information content (AvgIpc) is 2.54. The Balaban J connectivity index is 2.01. The predicted octanol–water partition coefficient (Wildman–Crippen LogP) is 3.94. The highest BCUT2D eigenvalue weighted by Crippen LogP contribution is 2.26. The van der Waals surface area contributed by atoms with Crippen molar-refractivity contribution in [2.45, 2.75) is 11.4 Å². The molecule has 0 saturated carbocycles. The lowest BCUT2D eigenvalue weighted by molar-refractivity contribution is 0.199. The van der Waals surface area contributed by atoms with E-state index >= 15 is 0 Å². The van der Waals surface area contributed by atoms with E-state index in [1.807, 2.05) is 30.3 Å². The van der Waals surface area contributed by atoms with Gasteiger partial charge in [-0.2, -0.15) is 0 Å². The maximum Gasteiger partial charge on any atom is 0.131 e. The second-order valence-electron chi connectivity index (χ2n) is 4.55. The van der Waals surface area contributed by atoms with Crippen molar-refractivity contribution >= 4 is 11.8 Å². The summed E-state index contributed by atoms with van der Waals surface area (Å²) in [6, 6.07) is 16.2. The van der Waals surface area contributed by atoms with Gasteiger partial charge in [0.05, 0.1) is 6.61 Å². The summed E-state index contributed by atoms with van der Waals surface area (Å²) >= 11 is 1.73. The molecule has 0 aliphatic rings. The van der Waals surface area contributed by atoms with Crippen molar-refractivity contribution in [2.75, 3.05) is 26.5 Å². The van der Waals surface area contributed by atoms with E-state index in [0.717, 1.165) is 30.2 Å². The van der Waals surface area contributed by atoms with Crippen LogP contribution in [0.4, 0.5) is 0 Å². The fourth-order valence-corrected chi connectivity index (χ4v) is 2.33. The molecule has 21 heavy (non-hydrogen) atoms. The van der Waals surface area contributed by atoms with Crippen molar-refractivity contribution in [3.05, 3.63) is 54.1 Å². The molecule has 2 aromatic rings. The third-order valence-corrected chi connectivity index (χ3v) is 3.80. The van der Waals surface area contributed by atoms with Gasteiger partial charge in [-0.3, -0.25) is 0 Å². The highest BCUT2D eigenvalue weighted by atomic mass is 32.2. The first kappa shape index (κ1) is 15.9. The third-order valence-electron chi connectivity index (χ3n) is 3.06. The van der Waals surface area contributed by atoms with E-state index in [9.17, 15) is 0 Å². The molecule has 0 bridgehead atoms. The summed E-state index contributed by atoms with van der Waals surface area (Å²) in [4.78, 5) is 1.23. The molecule has 3 nitrogen and oxygen atoms in total. The molecule has 0 atom stereocenters. The van der Waals surface area contributed by atoms with Gasteiger partial charge in [0.25, 0.3) is 0 Å². The summed E-state index contributed by atoms with van der Waals surface area (Å²) < 4.78 is 11.0. The molecule has 0 aromatic heterocycles. The number of hydrogen-bond acceptors (Lipinski definition) is 4. The molecule has 0 radical (unpaired) electrons. The van der Waals surface area contributed by atoms with Crippen LogP contribution < -0.4 is 10.1 Å². The molecule has 0 aliphatic carbocycles. The minimum Gasteiger partial charge on any atom is -0.457 e. The molecule has 1 N–H and O–H groups in total. The number of rotatable bonds is 8. The number of benzene rings is 2. The number of hydrogen-bond donors (Lipinski definition) is 1. The van der Waals surface area contributed by atoms with E-state index in [-0.39, 0.29) is 0 Å². The summed E-state index contributed by atoms with van der Waals surface area (Å²) in [6.07, 6.45) is 2.07. The van der Waals surface area contributed by atoms with Gasteiger partial charge in [-0.1, -0.05) is 18.2 Å². The van der Waals surface area contributed by atoms with E-state index in [0.29, 0.717) is 6.61 Å². The smallest absolute Gasteiger partial charge is 0.131 e. The predicted molar refractivity (Wildman–Crippen MR) is 88.3 cm³/mol. The Bertz CT molecular complexity index is 543. The molecule has 2 rings (SSSR count). The number of ether oxygens (including phenoxy) is 2. The van der Waals surface area contributed by atoms with Gasteiger partial charge in [0.15, 0.2) is 0 Å². The first-order valence-electron chi connectivity index (χ1n) is 6.93. The van der Waals surface area contributed by atoms with Crippen molar-refractivity contribution in [1.82, 2.24) is 5.32 Å². The second kappa shape index (κ2) is 8.72. The molecule has 0 heterocycles. The monoisotopic (exact) mass is 303 g/mol. The third kappa shape index (κ3) is 5.08. The molecule has 2 aromatic carbocycles. The number of para-hydroxylation sites is 1. The molecular formula is C17H21NO2S. The summed E-state index contributed by atoms with van der Waals surface area (Å²) in [7, 11) is 1.71. The molecule has 4 heteroatoms. The van der Waals surface area contributed by atoms with Crippen molar-refractivity contribution in [3.63, 3.8) is 0 Å². The lowest BCUT2D eigenvalue weighted by Crippen LogP contribution is -2.18. The van der Waals surface area contributed by atoms with Crippen molar-refractivity contribution < 1.29 is 9.47 Å². The maximum atomic E-state index is 5.99. The Morgan fingerprint density at radius 3 is 2.52 bits per heavy atom. The van der Waals surface area contributed by atoms with E-state index in [1.165, 1.54) is 4.90 Å². The van der Waals surface area contributed by atoms with Crippen LogP contribution in [0.25, 0.3) is 0 Å². The van der Waals surface area contributed by atoms with Crippen LogP contribution in [0.5, 0.6) is 11.5 Å². The standard InChI is InChI=1S/C17H21NO2S/c1-19-12-11-18-13-14-5-3-4-6-17(14)20-15-7-9-16(21-2)10-8-15/h3-10,18H,11-13H2,1-2H3. The van der Waals surface area contributed by atoms with Crippen LogP contribution in [0.3, 0.4) is 0 Å². The summed E-state index contributed by atoms with van der Waals surface area (Å²) in [6.45, 7) is 2.30. The molecule has 0 fully saturated rings. The van der Waals surface area contributed by atoms with Crippen LogP contribution >= 0.6 is 11.8 Å². The maximum absolute atomic E-state index is 5.99. The van der Waals surface area contributed by atoms with Crippen molar-refractivity contribution in [1.29, 1.82) is 0 Å². The van der Waals surface area contributed by atoms with Crippen molar-refractivity contribution in [3.8, 4) is 11.5 Å². The van der Waals surface area contributed by atoms with E-state index in [4.69, 9.17) is 9.47 Å². The van der Waals surface area contributed by atoms with Gasteiger partial charge >= 0.3 is 0 Å². The number of methoxy groups -OCH3 is 1. The zero-order valence-corrected chi connectivity index (χ0v) is 13.3. The Kier molecular flexibility index (Phi) is 6.60. The molecule has 0 saturated heterocycles. The quantitative estimate of drug-likeness (QED) is 0.591. The Morgan fingerprint density at radius 1 is 1.05 bits per heavy atom. The Morgan fingerprint density at radius 2 is 1.81 bits per heavy atom. The molecule has 0 amide bonds. The van der Waals surface area contributed by atoms with Gasteiger partial charge in [-0.15, -0.1) is 11.8 Å². The summed E-state index contributed by atoms with van der Waals surface area (Å²) in [5, 5.41) is 3.34. The van der Waals surface area contributed by atoms with Crippen LogP contribution in [0.2, 0.25) is 0 Å².